The van der Waals surface area contributed by atoms with Crippen LogP contribution < -0.4 is 0 Å². The number of carbonyl (C=O) groups is 1. The van der Waals surface area contributed by atoms with Crippen LogP contribution in [0.15, 0.2) is 66.7 Å². The molecule has 4 heteroatoms. The van der Waals surface area contributed by atoms with E-state index >= 15 is 0 Å². The van der Waals surface area contributed by atoms with Crippen molar-refractivity contribution in [2.45, 2.75) is 51.1 Å². The Morgan fingerprint density at radius 2 is 1.44 bits per heavy atom. The first-order valence-electron chi connectivity index (χ1n) is 9.45. The van der Waals surface area contributed by atoms with Crippen LogP contribution in [-0.4, -0.2) is 24.1 Å². The number of rotatable bonds is 6. The van der Waals surface area contributed by atoms with Gasteiger partial charge in [0.1, 0.15) is 0 Å². The maximum absolute atomic E-state index is 12.7. The van der Waals surface area contributed by atoms with Crippen molar-refractivity contribution in [3.8, 4) is 0 Å². The minimum absolute atomic E-state index is 0.0578. The van der Waals surface area contributed by atoms with Crippen molar-refractivity contribution in [3.05, 3.63) is 77.9 Å². The zero-order valence-electron chi connectivity index (χ0n) is 16.5. The summed E-state index contributed by atoms with van der Waals surface area (Å²) in [5.74, 6) is -0.0948. The average Bonchev–Trinajstić information content (AvgIpc) is 2.87. The highest BCUT2D eigenvalue weighted by Gasteiger charge is 2.54. The molecule has 0 aromatic heterocycles. The van der Waals surface area contributed by atoms with Gasteiger partial charge in [-0.25, -0.2) is 0 Å². The molecule has 1 unspecified atom stereocenters. The molecule has 0 saturated carbocycles. The van der Waals surface area contributed by atoms with E-state index in [1.165, 1.54) is 0 Å². The second kappa shape index (κ2) is 7.83. The fourth-order valence-corrected chi connectivity index (χ4v) is 3.16. The molecule has 1 fully saturated rings. The topological polar surface area (TPSA) is 35.5 Å². The van der Waals surface area contributed by atoms with Gasteiger partial charge >= 0.3 is 7.12 Å². The Kier molecular flexibility index (Phi) is 5.68. The van der Waals surface area contributed by atoms with Crippen LogP contribution in [0.1, 0.15) is 51.1 Å². The van der Waals surface area contributed by atoms with Gasteiger partial charge in [0.15, 0.2) is 5.78 Å². The summed E-state index contributed by atoms with van der Waals surface area (Å²) in [5.41, 5.74) is 1.22. The van der Waals surface area contributed by atoms with Gasteiger partial charge in [0.2, 0.25) is 0 Å². The van der Waals surface area contributed by atoms with Crippen molar-refractivity contribution in [3.63, 3.8) is 0 Å². The lowest BCUT2D eigenvalue weighted by molar-refractivity contribution is -0.114. The van der Waals surface area contributed by atoms with Crippen LogP contribution in [0, 0.1) is 0 Å². The fraction of sp³-hybridized carbons (Fsp3) is 0.348. The predicted octanol–water partition coefficient (Wildman–Crippen LogP) is 5.07. The number of carbonyl (C=O) groups excluding carboxylic acids is 1. The van der Waals surface area contributed by atoms with Crippen molar-refractivity contribution >= 4 is 19.0 Å². The molecule has 1 saturated heterocycles. The Morgan fingerprint density at radius 1 is 0.926 bits per heavy atom. The van der Waals surface area contributed by atoms with Crippen molar-refractivity contribution in [1.82, 2.24) is 0 Å². The van der Waals surface area contributed by atoms with Crippen molar-refractivity contribution in [1.29, 1.82) is 0 Å². The molecule has 0 radical (unpaired) electrons. The van der Waals surface area contributed by atoms with Crippen LogP contribution in [0.2, 0.25) is 0 Å². The molecule has 140 valence electrons. The summed E-state index contributed by atoms with van der Waals surface area (Å²) in [7, 11) is -0.452. The SMILES string of the molecule is CC1(C)OB(C(CC(=O)/C=C/c2ccccc2)c2ccccc2)OC1(C)C. The van der Waals surface area contributed by atoms with Gasteiger partial charge in [-0.2, -0.15) is 0 Å². The molecule has 1 heterocycles. The third-order valence-electron chi connectivity index (χ3n) is 5.51. The number of hydrogen-bond donors (Lipinski definition) is 0. The van der Waals surface area contributed by atoms with Gasteiger partial charge in [-0.3, -0.25) is 4.79 Å². The average molecular weight is 362 g/mol. The molecule has 3 rings (SSSR count). The van der Waals surface area contributed by atoms with E-state index in [1.807, 2.05) is 94.4 Å². The minimum atomic E-state index is -0.452. The van der Waals surface area contributed by atoms with Gasteiger partial charge in [0, 0.05) is 12.2 Å². The standard InChI is InChI=1S/C23H27BO3/c1-22(2)23(3,4)27-24(26-22)21(19-13-9-6-10-14-19)17-20(25)16-15-18-11-7-5-8-12-18/h5-16,21H,17H2,1-4H3/b16-15+. The Hall–Kier alpha value is -2.17. The van der Waals surface area contributed by atoms with E-state index in [4.69, 9.17) is 9.31 Å². The third kappa shape index (κ3) is 4.58. The Balaban J connectivity index is 1.79. The van der Waals surface area contributed by atoms with Crippen LogP contribution in [0.5, 0.6) is 0 Å². The molecule has 0 N–H and O–H groups in total. The van der Waals surface area contributed by atoms with Crippen LogP contribution in [0.25, 0.3) is 6.08 Å². The lowest BCUT2D eigenvalue weighted by Crippen LogP contribution is -2.41. The normalized spacial score (nSPS) is 19.3. The van der Waals surface area contributed by atoms with E-state index in [9.17, 15) is 4.79 Å². The molecule has 1 atom stereocenters. The molecular weight excluding hydrogens is 335 g/mol. The summed E-state index contributed by atoms with van der Waals surface area (Å²) in [6.45, 7) is 8.14. The second-order valence-corrected chi connectivity index (χ2v) is 8.06. The third-order valence-corrected chi connectivity index (χ3v) is 5.51. The summed E-state index contributed by atoms with van der Waals surface area (Å²) in [6, 6.07) is 19.8. The second-order valence-electron chi connectivity index (χ2n) is 8.06. The van der Waals surface area contributed by atoms with Gasteiger partial charge < -0.3 is 9.31 Å². The Morgan fingerprint density at radius 3 is 2.00 bits per heavy atom. The molecule has 0 aliphatic carbocycles. The molecule has 2 aromatic carbocycles. The van der Waals surface area contributed by atoms with Gasteiger partial charge in [-0.1, -0.05) is 66.7 Å². The van der Waals surface area contributed by atoms with E-state index in [0.717, 1.165) is 11.1 Å². The largest absolute Gasteiger partial charge is 0.466 e. The van der Waals surface area contributed by atoms with Crippen LogP contribution >= 0.6 is 0 Å². The highest BCUT2D eigenvalue weighted by Crippen LogP contribution is 2.41. The van der Waals surface area contributed by atoms with Gasteiger partial charge in [-0.05, 0) is 44.9 Å². The zero-order valence-corrected chi connectivity index (χ0v) is 16.5. The summed E-state index contributed by atoms with van der Waals surface area (Å²) in [5, 5.41) is 0. The highest BCUT2D eigenvalue weighted by molar-refractivity contribution is 6.48. The first kappa shape index (κ1) is 19.6. The van der Waals surface area contributed by atoms with Crippen molar-refractivity contribution in [2.75, 3.05) is 0 Å². The molecule has 1 aliphatic rings. The van der Waals surface area contributed by atoms with E-state index in [1.54, 1.807) is 6.08 Å². The van der Waals surface area contributed by atoms with Crippen LogP contribution in [-0.2, 0) is 14.1 Å². The molecule has 0 bridgehead atoms. The lowest BCUT2D eigenvalue weighted by atomic mass is 9.65. The quantitative estimate of drug-likeness (QED) is 0.531. The Bertz CT molecular complexity index is 781. The number of ketones is 1. The Labute approximate surface area is 162 Å². The van der Waals surface area contributed by atoms with Crippen LogP contribution in [0.4, 0.5) is 0 Å². The molecule has 1 aliphatic heterocycles. The summed E-state index contributed by atoms with van der Waals surface area (Å²) < 4.78 is 12.5. The molecule has 27 heavy (non-hydrogen) atoms. The minimum Gasteiger partial charge on any atom is -0.403 e. The highest BCUT2D eigenvalue weighted by atomic mass is 16.7. The maximum Gasteiger partial charge on any atom is 0.466 e. The van der Waals surface area contributed by atoms with E-state index < -0.39 is 18.3 Å². The first-order chi connectivity index (χ1) is 12.8. The number of benzene rings is 2. The number of hydrogen-bond acceptors (Lipinski definition) is 3. The van der Waals surface area contributed by atoms with E-state index in [2.05, 4.69) is 0 Å². The number of allylic oxidation sites excluding steroid dienone is 1. The smallest absolute Gasteiger partial charge is 0.403 e. The van der Waals surface area contributed by atoms with Crippen LogP contribution in [0.3, 0.4) is 0 Å². The monoisotopic (exact) mass is 362 g/mol. The zero-order chi connectivity index (χ0) is 19.5. The first-order valence-corrected chi connectivity index (χ1v) is 9.45. The molecular formula is C23H27BO3. The summed E-state index contributed by atoms with van der Waals surface area (Å²) >= 11 is 0. The molecule has 0 spiro atoms. The summed E-state index contributed by atoms with van der Waals surface area (Å²) in [6.07, 6.45) is 3.84. The van der Waals surface area contributed by atoms with Gasteiger partial charge in [-0.15, -0.1) is 0 Å². The summed E-state index contributed by atoms with van der Waals surface area (Å²) in [4.78, 5) is 12.7. The maximum atomic E-state index is 12.7. The van der Waals surface area contributed by atoms with Gasteiger partial charge in [0.25, 0.3) is 0 Å². The van der Waals surface area contributed by atoms with Crippen molar-refractivity contribution < 1.29 is 14.1 Å². The molecule has 0 amide bonds. The fourth-order valence-electron chi connectivity index (χ4n) is 3.16. The lowest BCUT2D eigenvalue weighted by Gasteiger charge is -2.32. The molecule has 2 aromatic rings. The van der Waals surface area contributed by atoms with Gasteiger partial charge in [0.05, 0.1) is 11.2 Å². The predicted molar refractivity (Wildman–Crippen MR) is 110 cm³/mol. The van der Waals surface area contributed by atoms with E-state index in [-0.39, 0.29) is 11.6 Å². The molecule has 3 nitrogen and oxygen atoms in total. The van der Waals surface area contributed by atoms with Crippen molar-refractivity contribution in [2.24, 2.45) is 0 Å². The van der Waals surface area contributed by atoms with E-state index in [0.29, 0.717) is 6.42 Å².